The number of aliphatic hydroxyl groups excluding tert-OH is 1. The highest BCUT2D eigenvalue weighted by molar-refractivity contribution is 7.21. The van der Waals surface area contributed by atoms with Crippen molar-refractivity contribution in [3.63, 3.8) is 0 Å². The second-order valence-electron chi connectivity index (χ2n) is 8.20. The van der Waals surface area contributed by atoms with Gasteiger partial charge in [0, 0.05) is 11.1 Å². The van der Waals surface area contributed by atoms with Crippen LogP contribution in [0, 0.1) is 6.92 Å². The Morgan fingerprint density at radius 3 is 2.50 bits per heavy atom. The molecule has 0 aliphatic rings. The first-order chi connectivity index (χ1) is 17.2. The molecule has 10 heteroatoms. The van der Waals surface area contributed by atoms with Gasteiger partial charge in [-0.3, -0.25) is 0 Å². The fourth-order valence-corrected chi connectivity index (χ4v) is 5.09. The number of rotatable bonds is 5. The molecule has 1 unspecified atom stereocenters. The standard InChI is InChI=1S/C26H20F3N3O3S/c1-13-7-18(22-19(8-13)31-21(35-3)12-30-22)25-32-23-17(10-16(34-2)11-20(23)36-25)24(33)14-5-4-6-15(9-14)26(27,28)29/h4-12,24,33H,1-3H3. The summed E-state index contributed by atoms with van der Waals surface area (Å²) < 4.78 is 51.1. The number of halogens is 3. The molecule has 5 rings (SSSR count). The summed E-state index contributed by atoms with van der Waals surface area (Å²) in [4.78, 5) is 13.8. The molecular weight excluding hydrogens is 491 g/mol. The van der Waals surface area contributed by atoms with Gasteiger partial charge in [-0.1, -0.05) is 12.1 Å². The molecule has 1 N–H and O–H groups in total. The van der Waals surface area contributed by atoms with Crippen LogP contribution in [0.4, 0.5) is 13.2 Å². The Labute approximate surface area is 208 Å². The lowest BCUT2D eigenvalue weighted by atomic mass is 9.98. The van der Waals surface area contributed by atoms with Gasteiger partial charge in [-0.05, 0) is 54.4 Å². The number of benzene rings is 3. The van der Waals surface area contributed by atoms with Crippen molar-refractivity contribution in [1.82, 2.24) is 15.0 Å². The maximum Gasteiger partial charge on any atom is 0.416 e. The van der Waals surface area contributed by atoms with Crippen LogP contribution in [0.3, 0.4) is 0 Å². The number of aryl methyl sites for hydroxylation is 1. The number of ether oxygens (including phenoxy) is 2. The summed E-state index contributed by atoms with van der Waals surface area (Å²) in [6.45, 7) is 1.93. The molecule has 2 heterocycles. The summed E-state index contributed by atoms with van der Waals surface area (Å²) >= 11 is 1.37. The molecule has 0 bridgehead atoms. The minimum atomic E-state index is -4.52. The van der Waals surface area contributed by atoms with E-state index >= 15 is 0 Å². The molecule has 0 fully saturated rings. The van der Waals surface area contributed by atoms with Crippen LogP contribution >= 0.6 is 11.3 Å². The van der Waals surface area contributed by atoms with Crippen LogP contribution in [0.25, 0.3) is 31.8 Å². The van der Waals surface area contributed by atoms with E-state index in [9.17, 15) is 18.3 Å². The maximum atomic E-state index is 13.3. The number of hydrogen-bond donors (Lipinski definition) is 1. The first-order valence-electron chi connectivity index (χ1n) is 10.8. The van der Waals surface area contributed by atoms with Gasteiger partial charge in [0.2, 0.25) is 5.88 Å². The number of fused-ring (bicyclic) bond motifs is 2. The normalized spacial score (nSPS) is 12.8. The molecule has 3 aromatic carbocycles. The summed E-state index contributed by atoms with van der Waals surface area (Å²) in [5, 5.41) is 11.8. The second kappa shape index (κ2) is 9.03. The number of aromatic nitrogens is 3. The van der Waals surface area contributed by atoms with Gasteiger partial charge >= 0.3 is 6.18 Å². The minimum absolute atomic E-state index is 0.105. The van der Waals surface area contributed by atoms with E-state index in [1.807, 2.05) is 19.1 Å². The van der Waals surface area contributed by atoms with E-state index in [0.29, 0.717) is 43.5 Å². The monoisotopic (exact) mass is 511 g/mol. The lowest BCUT2D eigenvalue weighted by Crippen LogP contribution is -2.07. The fraction of sp³-hybridized carbons (Fsp3) is 0.192. The highest BCUT2D eigenvalue weighted by Crippen LogP contribution is 2.41. The van der Waals surface area contributed by atoms with E-state index < -0.39 is 17.8 Å². The van der Waals surface area contributed by atoms with Crippen LogP contribution in [0.1, 0.15) is 28.4 Å². The quantitative estimate of drug-likeness (QED) is 0.297. The van der Waals surface area contributed by atoms with Crippen molar-refractivity contribution < 1.29 is 27.8 Å². The van der Waals surface area contributed by atoms with Crippen LogP contribution in [-0.4, -0.2) is 34.3 Å². The Morgan fingerprint density at radius 2 is 1.78 bits per heavy atom. The topological polar surface area (TPSA) is 77.4 Å². The molecule has 36 heavy (non-hydrogen) atoms. The van der Waals surface area contributed by atoms with Crippen LogP contribution < -0.4 is 9.47 Å². The third kappa shape index (κ3) is 4.33. The summed E-state index contributed by atoms with van der Waals surface area (Å²) in [6, 6.07) is 11.9. The highest BCUT2D eigenvalue weighted by Gasteiger charge is 2.31. The van der Waals surface area contributed by atoms with Crippen molar-refractivity contribution in [2.24, 2.45) is 0 Å². The van der Waals surface area contributed by atoms with Gasteiger partial charge in [0.25, 0.3) is 0 Å². The molecule has 0 aliphatic carbocycles. The number of thiazole rings is 1. The molecule has 184 valence electrons. The van der Waals surface area contributed by atoms with Gasteiger partial charge in [-0.2, -0.15) is 13.2 Å². The zero-order valence-corrected chi connectivity index (χ0v) is 20.2. The Kier molecular flexibility index (Phi) is 6.01. The van der Waals surface area contributed by atoms with Crippen LogP contribution in [0.2, 0.25) is 0 Å². The Bertz CT molecular complexity index is 1600. The number of methoxy groups -OCH3 is 2. The fourth-order valence-electron chi connectivity index (χ4n) is 4.04. The molecule has 0 saturated carbocycles. The summed E-state index contributed by atoms with van der Waals surface area (Å²) in [5.74, 6) is 0.844. The number of hydrogen-bond acceptors (Lipinski definition) is 7. The van der Waals surface area contributed by atoms with Gasteiger partial charge in [-0.25, -0.2) is 15.0 Å². The molecule has 1 atom stereocenters. The summed E-state index contributed by atoms with van der Waals surface area (Å²) in [5.41, 5.74) is 3.05. The van der Waals surface area contributed by atoms with Gasteiger partial charge < -0.3 is 14.6 Å². The maximum absolute atomic E-state index is 13.3. The molecule has 5 aromatic rings. The van der Waals surface area contributed by atoms with Crippen molar-refractivity contribution in [3.8, 4) is 22.2 Å². The molecular formula is C26H20F3N3O3S. The van der Waals surface area contributed by atoms with Crippen molar-refractivity contribution >= 4 is 32.6 Å². The zero-order chi connectivity index (χ0) is 25.6. The van der Waals surface area contributed by atoms with Crippen LogP contribution in [-0.2, 0) is 6.18 Å². The molecule has 0 amide bonds. The van der Waals surface area contributed by atoms with Crippen molar-refractivity contribution in [2.75, 3.05) is 14.2 Å². The number of alkyl halides is 3. The molecule has 6 nitrogen and oxygen atoms in total. The third-order valence-electron chi connectivity index (χ3n) is 5.77. The first kappa shape index (κ1) is 24.0. The van der Waals surface area contributed by atoms with Crippen molar-refractivity contribution in [2.45, 2.75) is 19.2 Å². The van der Waals surface area contributed by atoms with Gasteiger partial charge in [0.15, 0.2) is 0 Å². The number of aliphatic hydroxyl groups is 1. The Balaban J connectivity index is 1.68. The van der Waals surface area contributed by atoms with E-state index in [0.717, 1.165) is 23.3 Å². The van der Waals surface area contributed by atoms with Crippen LogP contribution in [0.15, 0.2) is 54.7 Å². The van der Waals surface area contributed by atoms with E-state index in [-0.39, 0.29) is 5.56 Å². The van der Waals surface area contributed by atoms with E-state index in [2.05, 4.69) is 9.97 Å². The zero-order valence-electron chi connectivity index (χ0n) is 19.4. The van der Waals surface area contributed by atoms with Gasteiger partial charge in [0.05, 0.1) is 47.2 Å². The summed E-state index contributed by atoms with van der Waals surface area (Å²) in [6.07, 6.45) is -4.35. The lowest BCUT2D eigenvalue weighted by Gasteiger charge is -2.15. The smallest absolute Gasteiger partial charge is 0.416 e. The average molecular weight is 512 g/mol. The predicted molar refractivity (Wildman–Crippen MR) is 131 cm³/mol. The lowest BCUT2D eigenvalue weighted by molar-refractivity contribution is -0.137. The number of nitrogens with zero attached hydrogens (tertiary/aromatic N) is 3. The Hall–Kier alpha value is -3.76. The third-order valence-corrected chi connectivity index (χ3v) is 6.80. The predicted octanol–water partition coefficient (Wildman–Crippen LogP) is 6.33. The second-order valence-corrected chi connectivity index (χ2v) is 9.23. The van der Waals surface area contributed by atoms with Gasteiger partial charge in [-0.15, -0.1) is 11.3 Å². The van der Waals surface area contributed by atoms with Crippen molar-refractivity contribution in [1.29, 1.82) is 0 Å². The molecule has 0 saturated heterocycles. The largest absolute Gasteiger partial charge is 0.497 e. The van der Waals surface area contributed by atoms with Crippen molar-refractivity contribution in [3.05, 3.63) is 77.0 Å². The van der Waals surface area contributed by atoms with E-state index in [1.165, 1.54) is 43.9 Å². The average Bonchev–Trinajstić information content (AvgIpc) is 3.30. The van der Waals surface area contributed by atoms with E-state index in [4.69, 9.17) is 14.5 Å². The molecule has 0 radical (unpaired) electrons. The molecule has 2 aromatic heterocycles. The first-order valence-corrected chi connectivity index (χ1v) is 11.6. The minimum Gasteiger partial charge on any atom is -0.497 e. The SMILES string of the molecule is COc1cc(C(O)c2cccc(C(F)(F)F)c2)c2nc(-c3cc(C)cc4nc(OC)cnc34)sc2c1. The summed E-state index contributed by atoms with van der Waals surface area (Å²) in [7, 11) is 3.01. The molecule has 0 spiro atoms. The highest BCUT2D eigenvalue weighted by atomic mass is 32.1. The van der Waals surface area contributed by atoms with Gasteiger partial charge in [0.1, 0.15) is 16.9 Å². The Morgan fingerprint density at radius 1 is 0.972 bits per heavy atom. The molecule has 0 aliphatic heterocycles. The van der Waals surface area contributed by atoms with E-state index in [1.54, 1.807) is 12.1 Å². The van der Waals surface area contributed by atoms with Crippen LogP contribution in [0.5, 0.6) is 11.6 Å².